The van der Waals surface area contributed by atoms with Gasteiger partial charge < -0.3 is 24.8 Å². The summed E-state index contributed by atoms with van der Waals surface area (Å²) < 4.78 is 17.0. The number of ether oxygens (including phenoxy) is 3. The quantitative estimate of drug-likeness (QED) is 0.493. The Morgan fingerprint density at radius 1 is 1.13 bits per heavy atom. The predicted octanol–water partition coefficient (Wildman–Crippen LogP) is 4.25. The van der Waals surface area contributed by atoms with Crippen LogP contribution in [0.1, 0.15) is 42.1 Å². The van der Waals surface area contributed by atoms with Crippen molar-refractivity contribution in [1.29, 1.82) is 0 Å². The summed E-state index contributed by atoms with van der Waals surface area (Å²) in [6.07, 6.45) is 0. The van der Waals surface area contributed by atoms with E-state index in [1.54, 1.807) is 14.0 Å². The number of allylic oxidation sites excluding steroid dienone is 1. The number of hydrogen-bond acceptors (Lipinski definition) is 5. The number of esters is 1. The van der Waals surface area contributed by atoms with E-state index in [1.807, 2.05) is 57.2 Å². The summed E-state index contributed by atoms with van der Waals surface area (Å²) in [4.78, 5) is 12.6. The van der Waals surface area contributed by atoms with E-state index in [0.29, 0.717) is 35.3 Å². The lowest BCUT2D eigenvalue weighted by Crippen LogP contribution is -2.45. The molecule has 1 aliphatic heterocycles. The number of rotatable bonds is 7. The number of aryl methyl sites for hydroxylation is 2. The largest absolute Gasteiger partial charge is 0.496 e. The number of para-hydroxylation sites is 1. The Balaban J connectivity index is 1.95. The third kappa shape index (κ3) is 4.99. The molecule has 3 rings (SSSR count). The molecule has 1 unspecified atom stereocenters. The molecular formula is C24H28N2O4S. The molecule has 1 atom stereocenters. The minimum absolute atomic E-state index is 0.296. The third-order valence-electron chi connectivity index (χ3n) is 5.18. The summed E-state index contributed by atoms with van der Waals surface area (Å²) in [5, 5.41) is 6.66. The average Bonchev–Trinajstić information content (AvgIpc) is 2.72. The molecule has 0 aromatic heterocycles. The van der Waals surface area contributed by atoms with Gasteiger partial charge in [0.25, 0.3) is 0 Å². The highest BCUT2D eigenvalue weighted by atomic mass is 32.1. The van der Waals surface area contributed by atoms with E-state index in [2.05, 4.69) is 10.6 Å². The molecule has 1 aliphatic rings. The normalized spacial score (nSPS) is 15.8. The van der Waals surface area contributed by atoms with Gasteiger partial charge in [0.05, 0.1) is 25.3 Å². The molecule has 0 radical (unpaired) electrons. The molecule has 31 heavy (non-hydrogen) atoms. The minimum Gasteiger partial charge on any atom is -0.496 e. The highest BCUT2D eigenvalue weighted by Gasteiger charge is 2.31. The van der Waals surface area contributed by atoms with Crippen molar-refractivity contribution in [3.8, 4) is 11.5 Å². The molecule has 0 spiro atoms. The maximum Gasteiger partial charge on any atom is 0.338 e. The molecule has 0 saturated carbocycles. The lowest BCUT2D eigenvalue weighted by Gasteiger charge is -2.30. The Labute approximate surface area is 188 Å². The van der Waals surface area contributed by atoms with Gasteiger partial charge in [0.1, 0.15) is 18.1 Å². The van der Waals surface area contributed by atoms with Crippen molar-refractivity contribution in [1.82, 2.24) is 10.6 Å². The predicted molar refractivity (Wildman–Crippen MR) is 124 cm³/mol. The van der Waals surface area contributed by atoms with Crippen LogP contribution in [0.2, 0.25) is 0 Å². The summed E-state index contributed by atoms with van der Waals surface area (Å²) in [7, 11) is 1.63. The van der Waals surface area contributed by atoms with Crippen LogP contribution < -0.4 is 20.1 Å². The number of hydrogen-bond donors (Lipinski definition) is 2. The number of nitrogens with one attached hydrogen (secondary N) is 2. The summed E-state index contributed by atoms with van der Waals surface area (Å²) >= 11 is 5.33. The van der Waals surface area contributed by atoms with Gasteiger partial charge in [-0.1, -0.05) is 24.3 Å². The molecule has 0 bridgehead atoms. The van der Waals surface area contributed by atoms with Crippen LogP contribution in [0.15, 0.2) is 47.7 Å². The van der Waals surface area contributed by atoms with Gasteiger partial charge in [0, 0.05) is 11.3 Å². The molecule has 0 fully saturated rings. The lowest BCUT2D eigenvalue weighted by molar-refractivity contribution is -0.139. The Hall–Kier alpha value is -3.06. The minimum atomic E-state index is -0.433. The van der Waals surface area contributed by atoms with Crippen LogP contribution >= 0.6 is 12.2 Å². The Kier molecular flexibility index (Phi) is 7.17. The second kappa shape index (κ2) is 9.83. The first kappa shape index (κ1) is 22.6. The zero-order valence-corrected chi connectivity index (χ0v) is 19.3. The van der Waals surface area contributed by atoms with E-state index < -0.39 is 6.04 Å². The zero-order valence-electron chi connectivity index (χ0n) is 18.5. The van der Waals surface area contributed by atoms with Crippen molar-refractivity contribution < 1.29 is 19.0 Å². The van der Waals surface area contributed by atoms with Gasteiger partial charge in [-0.2, -0.15) is 0 Å². The zero-order chi connectivity index (χ0) is 22.5. The second-order valence-corrected chi connectivity index (χ2v) is 7.78. The fourth-order valence-corrected chi connectivity index (χ4v) is 3.96. The van der Waals surface area contributed by atoms with Crippen molar-refractivity contribution in [2.24, 2.45) is 0 Å². The molecule has 2 aromatic carbocycles. The van der Waals surface area contributed by atoms with E-state index in [1.165, 1.54) is 0 Å². The van der Waals surface area contributed by atoms with Gasteiger partial charge in [-0.15, -0.1) is 0 Å². The van der Waals surface area contributed by atoms with Gasteiger partial charge in [-0.25, -0.2) is 4.79 Å². The monoisotopic (exact) mass is 440 g/mol. The maximum atomic E-state index is 12.6. The molecule has 164 valence electrons. The number of benzene rings is 2. The van der Waals surface area contributed by atoms with Gasteiger partial charge in [-0.3, -0.25) is 0 Å². The molecule has 2 N–H and O–H groups in total. The van der Waals surface area contributed by atoms with Gasteiger partial charge >= 0.3 is 5.97 Å². The molecular weight excluding hydrogens is 412 g/mol. The van der Waals surface area contributed by atoms with Crippen LogP contribution in [-0.2, 0) is 16.1 Å². The lowest BCUT2D eigenvalue weighted by atomic mass is 9.94. The molecule has 1 heterocycles. The number of carbonyl (C=O) groups excluding carboxylic acids is 1. The van der Waals surface area contributed by atoms with Crippen molar-refractivity contribution in [2.45, 2.75) is 40.3 Å². The summed E-state index contributed by atoms with van der Waals surface area (Å²) in [5.41, 5.74) is 5.06. The topological polar surface area (TPSA) is 68.8 Å². The first-order valence-electron chi connectivity index (χ1n) is 10.2. The number of thiocarbonyl (C=S) groups is 1. The summed E-state index contributed by atoms with van der Waals surface area (Å²) in [5.74, 6) is 1.20. The molecule has 6 nitrogen and oxygen atoms in total. The first-order valence-corrected chi connectivity index (χ1v) is 10.6. The van der Waals surface area contributed by atoms with Crippen molar-refractivity contribution in [3.05, 3.63) is 69.9 Å². The summed E-state index contributed by atoms with van der Waals surface area (Å²) in [6.45, 7) is 8.28. The average molecular weight is 441 g/mol. The standard InChI is InChI=1S/C24H28N2O4S/c1-6-29-23(27)20-16(4)25-24(31)26-21(20)17-10-11-19(28-5)18(12-17)13-30-22-14(2)8-7-9-15(22)3/h7-12,21H,6,13H2,1-5H3,(H2,25,26,31). The highest BCUT2D eigenvalue weighted by Crippen LogP contribution is 2.32. The maximum absolute atomic E-state index is 12.6. The summed E-state index contributed by atoms with van der Waals surface area (Å²) in [6, 6.07) is 11.4. The Morgan fingerprint density at radius 3 is 2.48 bits per heavy atom. The van der Waals surface area contributed by atoms with E-state index in [-0.39, 0.29) is 5.97 Å². The third-order valence-corrected chi connectivity index (χ3v) is 5.40. The van der Waals surface area contributed by atoms with Gasteiger partial charge in [0.15, 0.2) is 5.11 Å². The SMILES string of the molecule is CCOC(=O)C1=C(C)NC(=S)NC1c1ccc(OC)c(COc2c(C)cccc2C)c1. The molecule has 0 amide bonds. The van der Waals surface area contributed by atoms with Gasteiger partial charge in [0.2, 0.25) is 0 Å². The Bertz CT molecular complexity index is 1010. The number of carbonyl (C=O) groups is 1. The van der Waals surface area contributed by atoms with Crippen LogP contribution in [0.5, 0.6) is 11.5 Å². The fraction of sp³-hybridized carbons (Fsp3) is 0.333. The van der Waals surface area contributed by atoms with Crippen LogP contribution in [-0.4, -0.2) is 24.8 Å². The van der Waals surface area contributed by atoms with E-state index in [0.717, 1.165) is 28.0 Å². The number of methoxy groups -OCH3 is 1. The smallest absolute Gasteiger partial charge is 0.338 e. The first-order chi connectivity index (χ1) is 14.8. The molecule has 7 heteroatoms. The molecule has 0 saturated heterocycles. The fourth-order valence-electron chi connectivity index (χ4n) is 3.69. The van der Waals surface area contributed by atoms with Crippen LogP contribution in [0.4, 0.5) is 0 Å². The molecule has 2 aromatic rings. The molecule has 0 aliphatic carbocycles. The van der Waals surface area contributed by atoms with Crippen molar-refractivity contribution >= 4 is 23.3 Å². The van der Waals surface area contributed by atoms with E-state index >= 15 is 0 Å². The Morgan fingerprint density at radius 2 is 1.84 bits per heavy atom. The van der Waals surface area contributed by atoms with Crippen LogP contribution in [0, 0.1) is 13.8 Å². The van der Waals surface area contributed by atoms with Crippen molar-refractivity contribution in [3.63, 3.8) is 0 Å². The van der Waals surface area contributed by atoms with E-state index in [9.17, 15) is 4.79 Å². The second-order valence-electron chi connectivity index (χ2n) is 7.37. The van der Waals surface area contributed by atoms with Crippen LogP contribution in [0.3, 0.4) is 0 Å². The van der Waals surface area contributed by atoms with Gasteiger partial charge in [-0.05, 0) is 68.7 Å². The highest BCUT2D eigenvalue weighted by molar-refractivity contribution is 7.80. The van der Waals surface area contributed by atoms with E-state index in [4.69, 9.17) is 26.4 Å². The van der Waals surface area contributed by atoms with Crippen molar-refractivity contribution in [2.75, 3.05) is 13.7 Å². The van der Waals surface area contributed by atoms with Crippen LogP contribution in [0.25, 0.3) is 0 Å².